The Labute approximate surface area is 160 Å². The van der Waals surface area contributed by atoms with Crippen molar-refractivity contribution in [3.63, 3.8) is 0 Å². The summed E-state index contributed by atoms with van der Waals surface area (Å²) in [7, 11) is 1.58. The Kier molecular flexibility index (Phi) is 4.52. The molecule has 0 radical (unpaired) electrons. The molecule has 0 aliphatic rings. The Morgan fingerprint density at radius 3 is 2.79 bits per heavy atom. The second-order valence-corrected chi connectivity index (χ2v) is 6.32. The fourth-order valence-corrected chi connectivity index (χ4v) is 3.18. The number of rotatable bonds is 5. The van der Waals surface area contributed by atoms with E-state index in [0.717, 1.165) is 11.1 Å². The Morgan fingerprint density at radius 1 is 1.21 bits per heavy atom. The molecule has 2 aromatic heterocycles. The fourth-order valence-electron chi connectivity index (χ4n) is 3.18. The van der Waals surface area contributed by atoms with E-state index in [2.05, 4.69) is 15.3 Å². The number of aryl methyl sites for hydroxylation is 1. The average Bonchev–Trinajstić information content (AvgIpc) is 3.30. The third kappa shape index (κ3) is 3.20. The summed E-state index contributed by atoms with van der Waals surface area (Å²) in [6, 6.07) is 11.6. The first-order chi connectivity index (χ1) is 13.6. The highest BCUT2D eigenvalue weighted by Gasteiger charge is 2.15. The second-order valence-electron chi connectivity index (χ2n) is 6.32. The lowest BCUT2D eigenvalue weighted by Crippen LogP contribution is -2.24. The molecule has 0 amide bonds. The van der Waals surface area contributed by atoms with Gasteiger partial charge in [-0.15, -0.1) is 0 Å². The summed E-state index contributed by atoms with van der Waals surface area (Å²) >= 11 is 0. The SMILES string of the molecule is COc1cc(-n2c(C)nn(Cc3cccc(F)c3)c2=O)ccc1-c1cn[nH]c1. The second kappa shape index (κ2) is 7.15. The molecule has 0 atom stereocenters. The van der Waals surface area contributed by atoms with Crippen LogP contribution in [0.3, 0.4) is 0 Å². The molecule has 28 heavy (non-hydrogen) atoms. The van der Waals surface area contributed by atoms with Crippen LogP contribution < -0.4 is 10.4 Å². The summed E-state index contributed by atoms with van der Waals surface area (Å²) in [6.45, 7) is 1.94. The predicted molar refractivity (Wildman–Crippen MR) is 102 cm³/mol. The van der Waals surface area contributed by atoms with Crippen molar-refractivity contribution in [1.29, 1.82) is 0 Å². The van der Waals surface area contributed by atoms with E-state index in [9.17, 15) is 9.18 Å². The predicted octanol–water partition coefficient (Wildman–Crippen LogP) is 2.93. The van der Waals surface area contributed by atoms with Crippen molar-refractivity contribution in [2.75, 3.05) is 7.11 Å². The molecular formula is C20H18FN5O2. The van der Waals surface area contributed by atoms with E-state index < -0.39 is 0 Å². The fraction of sp³-hybridized carbons (Fsp3) is 0.150. The van der Waals surface area contributed by atoms with Gasteiger partial charge in [0.15, 0.2) is 0 Å². The van der Waals surface area contributed by atoms with E-state index in [1.54, 1.807) is 44.6 Å². The molecule has 2 heterocycles. The number of hydrogen-bond acceptors (Lipinski definition) is 4. The molecule has 142 valence electrons. The normalized spacial score (nSPS) is 11.0. The summed E-state index contributed by atoms with van der Waals surface area (Å²) in [5, 5.41) is 11.1. The number of aromatic amines is 1. The van der Waals surface area contributed by atoms with Gasteiger partial charge in [-0.05, 0) is 36.8 Å². The summed E-state index contributed by atoms with van der Waals surface area (Å²) in [4.78, 5) is 12.9. The summed E-state index contributed by atoms with van der Waals surface area (Å²) in [6.07, 6.45) is 3.47. The van der Waals surface area contributed by atoms with Crippen LogP contribution in [-0.2, 0) is 6.54 Å². The summed E-state index contributed by atoms with van der Waals surface area (Å²) in [5.41, 5.74) is 2.74. The minimum absolute atomic E-state index is 0.189. The lowest BCUT2D eigenvalue weighted by Gasteiger charge is -2.10. The summed E-state index contributed by atoms with van der Waals surface area (Å²) < 4.78 is 21.7. The Balaban J connectivity index is 1.74. The van der Waals surface area contributed by atoms with Crippen molar-refractivity contribution >= 4 is 0 Å². The molecule has 8 heteroatoms. The van der Waals surface area contributed by atoms with Crippen molar-refractivity contribution < 1.29 is 9.13 Å². The standard InChI is InChI=1S/C20H18FN5O2/c1-13-24-25(12-14-4-3-5-16(21)8-14)20(27)26(13)17-6-7-18(19(9-17)28-2)15-10-22-23-11-15/h3-11H,12H2,1-2H3,(H,22,23). The lowest BCUT2D eigenvalue weighted by atomic mass is 10.1. The maximum atomic E-state index is 13.4. The van der Waals surface area contributed by atoms with Gasteiger partial charge in [0.25, 0.3) is 0 Å². The molecule has 4 rings (SSSR count). The molecule has 0 saturated heterocycles. The van der Waals surface area contributed by atoms with Gasteiger partial charge in [-0.2, -0.15) is 10.2 Å². The van der Waals surface area contributed by atoms with Crippen LogP contribution in [-0.4, -0.2) is 31.7 Å². The van der Waals surface area contributed by atoms with Crippen LogP contribution in [0.4, 0.5) is 4.39 Å². The first-order valence-corrected chi connectivity index (χ1v) is 8.65. The zero-order valence-electron chi connectivity index (χ0n) is 15.4. The zero-order valence-corrected chi connectivity index (χ0v) is 15.4. The Morgan fingerprint density at radius 2 is 2.07 bits per heavy atom. The molecule has 7 nitrogen and oxygen atoms in total. The molecule has 0 aliphatic heterocycles. The molecule has 2 aromatic carbocycles. The van der Waals surface area contributed by atoms with Crippen LogP contribution in [0.15, 0.2) is 59.7 Å². The first kappa shape index (κ1) is 17.7. The Bertz CT molecular complexity index is 1180. The van der Waals surface area contributed by atoms with Gasteiger partial charge in [-0.3, -0.25) is 5.10 Å². The van der Waals surface area contributed by atoms with Crippen LogP contribution in [0, 0.1) is 12.7 Å². The molecule has 0 unspecified atom stereocenters. The smallest absolute Gasteiger partial charge is 0.350 e. The Hall–Kier alpha value is -3.68. The van der Waals surface area contributed by atoms with Gasteiger partial charge in [-0.1, -0.05) is 12.1 Å². The van der Waals surface area contributed by atoms with Crippen LogP contribution in [0.2, 0.25) is 0 Å². The van der Waals surface area contributed by atoms with Crippen molar-refractivity contribution in [2.24, 2.45) is 0 Å². The molecule has 0 saturated carbocycles. The number of halogens is 1. The lowest BCUT2D eigenvalue weighted by molar-refractivity contribution is 0.416. The minimum atomic E-state index is -0.346. The van der Waals surface area contributed by atoms with Gasteiger partial charge in [0.1, 0.15) is 17.4 Å². The van der Waals surface area contributed by atoms with E-state index in [1.165, 1.54) is 21.4 Å². The molecule has 4 aromatic rings. The quantitative estimate of drug-likeness (QED) is 0.578. The van der Waals surface area contributed by atoms with Gasteiger partial charge in [0, 0.05) is 23.4 Å². The van der Waals surface area contributed by atoms with E-state index in [0.29, 0.717) is 22.8 Å². The van der Waals surface area contributed by atoms with E-state index >= 15 is 0 Å². The number of aromatic nitrogens is 5. The zero-order chi connectivity index (χ0) is 19.7. The van der Waals surface area contributed by atoms with Gasteiger partial charge >= 0.3 is 5.69 Å². The van der Waals surface area contributed by atoms with E-state index in [4.69, 9.17) is 4.74 Å². The number of H-pyrrole nitrogens is 1. The third-order valence-electron chi connectivity index (χ3n) is 4.48. The molecule has 0 fully saturated rings. The van der Waals surface area contributed by atoms with Crippen molar-refractivity contribution in [2.45, 2.75) is 13.5 Å². The topological polar surface area (TPSA) is 77.7 Å². The maximum Gasteiger partial charge on any atom is 0.350 e. The number of ether oxygens (including phenoxy) is 1. The molecule has 0 spiro atoms. The average molecular weight is 379 g/mol. The number of benzene rings is 2. The number of methoxy groups -OCH3 is 1. The van der Waals surface area contributed by atoms with E-state index in [-0.39, 0.29) is 18.1 Å². The van der Waals surface area contributed by atoms with Crippen molar-refractivity contribution in [3.8, 4) is 22.6 Å². The first-order valence-electron chi connectivity index (χ1n) is 8.65. The number of hydrogen-bond donors (Lipinski definition) is 1. The molecule has 1 N–H and O–H groups in total. The largest absolute Gasteiger partial charge is 0.496 e. The van der Waals surface area contributed by atoms with Gasteiger partial charge in [0.2, 0.25) is 0 Å². The molecule has 0 aliphatic carbocycles. The van der Waals surface area contributed by atoms with Gasteiger partial charge < -0.3 is 4.74 Å². The monoisotopic (exact) mass is 379 g/mol. The van der Waals surface area contributed by atoms with Crippen LogP contribution in [0.1, 0.15) is 11.4 Å². The van der Waals surface area contributed by atoms with Crippen LogP contribution in [0.25, 0.3) is 16.8 Å². The maximum absolute atomic E-state index is 13.4. The number of nitrogens with zero attached hydrogens (tertiary/aromatic N) is 4. The van der Waals surface area contributed by atoms with Gasteiger partial charge in [0.05, 0.1) is 25.5 Å². The van der Waals surface area contributed by atoms with Crippen LogP contribution >= 0.6 is 0 Å². The van der Waals surface area contributed by atoms with Gasteiger partial charge in [-0.25, -0.2) is 18.4 Å². The minimum Gasteiger partial charge on any atom is -0.496 e. The summed E-state index contributed by atoms with van der Waals surface area (Å²) in [5.74, 6) is 0.795. The molecular weight excluding hydrogens is 361 g/mol. The highest BCUT2D eigenvalue weighted by Crippen LogP contribution is 2.31. The van der Waals surface area contributed by atoms with Crippen molar-refractivity contribution in [3.05, 3.63) is 82.5 Å². The number of nitrogens with one attached hydrogen (secondary N) is 1. The van der Waals surface area contributed by atoms with Crippen molar-refractivity contribution in [1.82, 2.24) is 24.5 Å². The molecule has 0 bridgehead atoms. The highest BCUT2D eigenvalue weighted by atomic mass is 19.1. The highest BCUT2D eigenvalue weighted by molar-refractivity contribution is 5.71. The van der Waals surface area contributed by atoms with E-state index in [1.807, 2.05) is 12.1 Å². The third-order valence-corrected chi connectivity index (χ3v) is 4.48. The van der Waals surface area contributed by atoms with Crippen LogP contribution in [0.5, 0.6) is 5.75 Å².